The van der Waals surface area contributed by atoms with Crippen molar-refractivity contribution in [3.05, 3.63) is 70.5 Å². The number of hydrogen-bond acceptors (Lipinski definition) is 2. The summed E-state index contributed by atoms with van der Waals surface area (Å²) in [5.41, 5.74) is 3.72. The van der Waals surface area contributed by atoms with Crippen LogP contribution in [0.4, 0.5) is 4.39 Å². The third-order valence-corrected chi connectivity index (χ3v) is 4.20. The van der Waals surface area contributed by atoms with Crippen molar-refractivity contribution in [1.82, 2.24) is 16.0 Å². The summed E-state index contributed by atoms with van der Waals surface area (Å²) < 4.78 is 13.2. The number of benzene rings is 2. The van der Waals surface area contributed by atoms with Crippen LogP contribution < -0.4 is 16.0 Å². The summed E-state index contributed by atoms with van der Waals surface area (Å²) >= 11 is 0. The van der Waals surface area contributed by atoms with Crippen molar-refractivity contribution in [2.75, 3.05) is 20.1 Å². The fourth-order valence-electron chi connectivity index (χ4n) is 2.67. The predicted molar refractivity (Wildman–Crippen MR) is 107 cm³/mol. The number of nitrogens with one attached hydrogen (secondary N) is 3. The maximum absolute atomic E-state index is 13.2. The summed E-state index contributed by atoms with van der Waals surface area (Å²) in [6, 6.07) is 12.3. The average Bonchev–Trinajstić information content (AvgIpc) is 2.67. The zero-order chi connectivity index (χ0) is 19.6. The summed E-state index contributed by atoms with van der Waals surface area (Å²) in [6.07, 6.45) is 0.789. The van der Waals surface area contributed by atoms with E-state index in [1.54, 1.807) is 25.2 Å². The molecule has 5 nitrogen and oxygen atoms in total. The lowest BCUT2D eigenvalue weighted by atomic mass is 10.1. The van der Waals surface area contributed by atoms with Gasteiger partial charge in [-0.2, -0.15) is 0 Å². The molecule has 2 aromatic carbocycles. The molecule has 0 heterocycles. The lowest BCUT2D eigenvalue weighted by molar-refractivity contribution is 0.0963. The number of halogens is 1. The van der Waals surface area contributed by atoms with Gasteiger partial charge in [0.05, 0.1) is 6.54 Å². The van der Waals surface area contributed by atoms with E-state index in [1.165, 1.54) is 6.07 Å². The minimum Gasteiger partial charge on any atom is -0.357 e. The van der Waals surface area contributed by atoms with Crippen LogP contribution in [0.2, 0.25) is 0 Å². The van der Waals surface area contributed by atoms with Gasteiger partial charge in [-0.15, -0.1) is 0 Å². The number of hydrogen-bond donors (Lipinski definition) is 3. The third-order valence-electron chi connectivity index (χ3n) is 4.20. The van der Waals surface area contributed by atoms with Gasteiger partial charge in [-0.25, -0.2) is 9.38 Å². The van der Waals surface area contributed by atoms with E-state index in [0.717, 1.165) is 35.6 Å². The highest BCUT2D eigenvalue weighted by Gasteiger charge is 2.04. The lowest BCUT2D eigenvalue weighted by Gasteiger charge is -2.12. The highest BCUT2D eigenvalue weighted by Crippen LogP contribution is 2.10. The van der Waals surface area contributed by atoms with Gasteiger partial charge in [-0.05, 0) is 61.2 Å². The molecule has 0 aliphatic heterocycles. The molecule has 1 amide bonds. The van der Waals surface area contributed by atoms with Crippen LogP contribution in [0.15, 0.2) is 47.5 Å². The highest BCUT2D eigenvalue weighted by atomic mass is 19.1. The minimum absolute atomic E-state index is 0.101. The molecule has 0 saturated carbocycles. The molecule has 2 aromatic rings. The largest absolute Gasteiger partial charge is 0.357 e. The number of aliphatic imine (C=N–C) groups is 1. The molecule has 3 N–H and O–H groups in total. The molecule has 0 radical (unpaired) electrons. The van der Waals surface area contributed by atoms with Gasteiger partial charge in [0.2, 0.25) is 0 Å². The van der Waals surface area contributed by atoms with Gasteiger partial charge in [0.1, 0.15) is 5.82 Å². The quantitative estimate of drug-likeness (QED) is 0.519. The van der Waals surface area contributed by atoms with Crippen LogP contribution in [0.3, 0.4) is 0 Å². The molecule has 0 fully saturated rings. The molecule has 144 valence electrons. The summed E-state index contributed by atoms with van der Waals surface area (Å²) in [6.45, 7) is 5.91. The third kappa shape index (κ3) is 6.40. The number of carbonyl (C=O) groups is 1. The fourth-order valence-corrected chi connectivity index (χ4v) is 2.67. The van der Waals surface area contributed by atoms with E-state index in [-0.39, 0.29) is 11.7 Å². The Morgan fingerprint density at radius 1 is 1.11 bits per heavy atom. The molecule has 0 spiro atoms. The summed E-state index contributed by atoms with van der Waals surface area (Å²) in [4.78, 5) is 16.2. The van der Waals surface area contributed by atoms with Gasteiger partial charge in [0, 0.05) is 25.7 Å². The number of rotatable bonds is 7. The Kier molecular flexibility index (Phi) is 7.79. The molecule has 0 atom stereocenters. The molecule has 0 saturated heterocycles. The maximum Gasteiger partial charge on any atom is 0.251 e. The zero-order valence-electron chi connectivity index (χ0n) is 16.1. The Hall–Kier alpha value is -2.89. The van der Waals surface area contributed by atoms with Crippen molar-refractivity contribution in [2.24, 2.45) is 4.99 Å². The van der Waals surface area contributed by atoms with Crippen LogP contribution in [0.1, 0.15) is 34.0 Å². The first-order valence-electron chi connectivity index (χ1n) is 9.11. The van der Waals surface area contributed by atoms with Crippen LogP contribution >= 0.6 is 0 Å². The summed E-state index contributed by atoms with van der Waals surface area (Å²) in [5, 5.41) is 9.12. The standard InChI is InChI=1S/C21H27FN4O/c1-4-24-21(25-12-11-17-9-10-19(22)13-15(17)2)26-14-16-5-7-18(8-6-16)20(27)23-3/h5-10,13H,4,11-12,14H2,1-3H3,(H,23,27)(H2,24,25,26). The fraction of sp³-hybridized carbons (Fsp3) is 0.333. The molecule has 0 aromatic heterocycles. The first-order chi connectivity index (χ1) is 13.0. The first kappa shape index (κ1) is 20.4. The Labute approximate surface area is 160 Å². The molecule has 0 aliphatic carbocycles. The Morgan fingerprint density at radius 2 is 1.85 bits per heavy atom. The molecule has 0 bridgehead atoms. The second kappa shape index (κ2) is 10.3. The number of amides is 1. The van der Waals surface area contributed by atoms with Crippen LogP contribution in [0.25, 0.3) is 0 Å². The molecular weight excluding hydrogens is 343 g/mol. The first-order valence-corrected chi connectivity index (χ1v) is 9.11. The van der Waals surface area contributed by atoms with Crippen LogP contribution in [0.5, 0.6) is 0 Å². The topological polar surface area (TPSA) is 65.5 Å². The number of guanidine groups is 1. The minimum atomic E-state index is -0.207. The lowest BCUT2D eigenvalue weighted by Crippen LogP contribution is -2.38. The van der Waals surface area contributed by atoms with Crippen molar-refractivity contribution in [1.29, 1.82) is 0 Å². The van der Waals surface area contributed by atoms with Gasteiger partial charge < -0.3 is 16.0 Å². The second-order valence-corrected chi connectivity index (χ2v) is 6.22. The van der Waals surface area contributed by atoms with E-state index in [9.17, 15) is 9.18 Å². The summed E-state index contributed by atoms with van der Waals surface area (Å²) in [7, 11) is 1.61. The van der Waals surface area contributed by atoms with E-state index in [1.807, 2.05) is 32.0 Å². The molecule has 0 unspecified atom stereocenters. The Morgan fingerprint density at radius 3 is 2.48 bits per heavy atom. The van der Waals surface area contributed by atoms with Crippen molar-refractivity contribution < 1.29 is 9.18 Å². The highest BCUT2D eigenvalue weighted by molar-refractivity contribution is 5.93. The summed E-state index contributed by atoms with van der Waals surface area (Å²) in [5.74, 6) is 0.422. The van der Waals surface area contributed by atoms with Gasteiger partial charge in [-0.3, -0.25) is 4.79 Å². The monoisotopic (exact) mass is 370 g/mol. The molecular formula is C21H27FN4O. The van der Waals surface area contributed by atoms with Crippen molar-refractivity contribution in [3.63, 3.8) is 0 Å². The van der Waals surface area contributed by atoms with Gasteiger partial charge >= 0.3 is 0 Å². The van der Waals surface area contributed by atoms with Crippen molar-refractivity contribution in [3.8, 4) is 0 Å². The SMILES string of the molecule is CCNC(=NCc1ccc(C(=O)NC)cc1)NCCc1ccc(F)cc1C. The van der Waals surface area contributed by atoms with E-state index in [2.05, 4.69) is 20.9 Å². The van der Waals surface area contributed by atoms with E-state index in [4.69, 9.17) is 0 Å². The smallest absolute Gasteiger partial charge is 0.251 e. The Balaban J connectivity index is 1.92. The van der Waals surface area contributed by atoms with Crippen LogP contribution in [0, 0.1) is 12.7 Å². The predicted octanol–water partition coefficient (Wildman–Crippen LogP) is 2.79. The zero-order valence-corrected chi connectivity index (χ0v) is 16.1. The number of nitrogens with zero attached hydrogens (tertiary/aromatic N) is 1. The molecule has 27 heavy (non-hydrogen) atoms. The number of carbonyl (C=O) groups excluding carboxylic acids is 1. The van der Waals surface area contributed by atoms with E-state index >= 15 is 0 Å². The second-order valence-electron chi connectivity index (χ2n) is 6.22. The molecule has 2 rings (SSSR count). The van der Waals surface area contributed by atoms with E-state index < -0.39 is 0 Å². The normalized spacial score (nSPS) is 11.2. The van der Waals surface area contributed by atoms with Gasteiger partial charge in [-0.1, -0.05) is 18.2 Å². The van der Waals surface area contributed by atoms with Crippen LogP contribution in [-0.2, 0) is 13.0 Å². The average molecular weight is 370 g/mol. The number of aryl methyl sites for hydroxylation is 1. The molecule has 0 aliphatic rings. The molecule has 6 heteroatoms. The van der Waals surface area contributed by atoms with Crippen molar-refractivity contribution >= 4 is 11.9 Å². The maximum atomic E-state index is 13.2. The Bertz CT molecular complexity index is 787. The van der Waals surface area contributed by atoms with Gasteiger partial charge in [0.15, 0.2) is 5.96 Å². The van der Waals surface area contributed by atoms with Crippen LogP contribution in [-0.4, -0.2) is 32.0 Å². The van der Waals surface area contributed by atoms with Crippen molar-refractivity contribution in [2.45, 2.75) is 26.8 Å². The van der Waals surface area contributed by atoms with Gasteiger partial charge in [0.25, 0.3) is 5.91 Å². The van der Waals surface area contributed by atoms with E-state index in [0.29, 0.717) is 18.7 Å².